The van der Waals surface area contributed by atoms with Gasteiger partial charge in [-0.05, 0) is 31.6 Å². The third-order valence-corrected chi connectivity index (χ3v) is 4.20. The van der Waals surface area contributed by atoms with Crippen molar-refractivity contribution in [2.75, 3.05) is 32.7 Å². The molecule has 1 aliphatic carbocycles. The van der Waals surface area contributed by atoms with E-state index in [1.54, 1.807) is 0 Å². The minimum Gasteiger partial charge on any atom is -0.298 e. The Morgan fingerprint density at radius 1 is 1.06 bits per heavy atom. The van der Waals surface area contributed by atoms with E-state index in [1.165, 1.54) is 38.8 Å². The number of piperazine rings is 1. The molecule has 0 spiro atoms. The molecule has 90 valence electrons. The van der Waals surface area contributed by atoms with Crippen molar-refractivity contribution in [1.82, 2.24) is 9.80 Å². The zero-order valence-electron chi connectivity index (χ0n) is 10.4. The fraction of sp³-hybridized carbons (Fsp3) is 0.923. The second kappa shape index (κ2) is 5.65. The van der Waals surface area contributed by atoms with Crippen LogP contribution in [0.15, 0.2) is 0 Å². The number of nitriles is 1. The molecule has 0 atom stereocenters. The number of nitrogens with zero attached hydrogens (tertiary/aromatic N) is 3. The largest absolute Gasteiger partial charge is 0.298 e. The molecule has 0 amide bonds. The van der Waals surface area contributed by atoms with E-state index in [2.05, 4.69) is 22.8 Å². The molecular formula is C13H23N3. The number of hydrogen-bond donors (Lipinski definition) is 0. The van der Waals surface area contributed by atoms with Gasteiger partial charge in [-0.2, -0.15) is 5.26 Å². The maximum absolute atomic E-state index is 8.66. The number of rotatable bonds is 2. The van der Waals surface area contributed by atoms with Gasteiger partial charge in [0.15, 0.2) is 0 Å². The van der Waals surface area contributed by atoms with E-state index in [0.717, 1.165) is 25.0 Å². The van der Waals surface area contributed by atoms with Crippen LogP contribution in [0.5, 0.6) is 0 Å². The summed E-state index contributed by atoms with van der Waals surface area (Å²) in [6.07, 6.45) is 5.59. The average molecular weight is 221 g/mol. The van der Waals surface area contributed by atoms with Gasteiger partial charge in [0.2, 0.25) is 0 Å². The Kier molecular flexibility index (Phi) is 4.20. The Hall–Kier alpha value is -0.590. The summed E-state index contributed by atoms with van der Waals surface area (Å²) in [6.45, 7) is 7.48. The van der Waals surface area contributed by atoms with Crippen LogP contribution in [-0.4, -0.2) is 48.6 Å². The van der Waals surface area contributed by atoms with Crippen molar-refractivity contribution in [1.29, 1.82) is 5.26 Å². The van der Waals surface area contributed by atoms with E-state index in [4.69, 9.17) is 5.26 Å². The summed E-state index contributed by atoms with van der Waals surface area (Å²) in [5.41, 5.74) is 0. The van der Waals surface area contributed by atoms with Crippen LogP contribution in [0.4, 0.5) is 0 Å². The molecule has 1 saturated carbocycles. The third kappa shape index (κ3) is 2.96. The standard InChI is InChI=1S/C13H23N3/c1-12-2-4-13(5-3-12)16-10-8-15(7-6-14)9-11-16/h12-13H,2-5,7-11H2,1H3. The lowest BCUT2D eigenvalue weighted by atomic mass is 9.86. The highest BCUT2D eigenvalue weighted by Gasteiger charge is 2.26. The molecule has 1 aliphatic heterocycles. The third-order valence-electron chi connectivity index (χ3n) is 4.20. The van der Waals surface area contributed by atoms with Gasteiger partial charge in [0.25, 0.3) is 0 Å². The molecule has 0 aromatic carbocycles. The van der Waals surface area contributed by atoms with Gasteiger partial charge in [-0.1, -0.05) is 6.92 Å². The van der Waals surface area contributed by atoms with Gasteiger partial charge in [-0.3, -0.25) is 9.80 Å². The molecule has 0 aromatic heterocycles. The van der Waals surface area contributed by atoms with Gasteiger partial charge in [0, 0.05) is 32.2 Å². The van der Waals surface area contributed by atoms with Crippen LogP contribution < -0.4 is 0 Å². The summed E-state index contributed by atoms with van der Waals surface area (Å²) in [7, 11) is 0. The Balaban J connectivity index is 1.74. The minimum atomic E-state index is 0.607. The van der Waals surface area contributed by atoms with Crippen molar-refractivity contribution in [3.63, 3.8) is 0 Å². The number of hydrogen-bond acceptors (Lipinski definition) is 3. The first-order valence-electron chi connectivity index (χ1n) is 6.63. The molecule has 1 heterocycles. The molecule has 0 unspecified atom stereocenters. The van der Waals surface area contributed by atoms with Crippen LogP contribution in [0.2, 0.25) is 0 Å². The van der Waals surface area contributed by atoms with Crippen molar-refractivity contribution >= 4 is 0 Å². The zero-order chi connectivity index (χ0) is 11.4. The second-order valence-corrected chi connectivity index (χ2v) is 5.38. The average Bonchev–Trinajstić information content (AvgIpc) is 2.32. The predicted octanol–water partition coefficient (Wildman–Crippen LogP) is 1.71. The highest BCUT2D eigenvalue weighted by atomic mass is 15.3. The summed E-state index contributed by atoms with van der Waals surface area (Å²) >= 11 is 0. The van der Waals surface area contributed by atoms with E-state index in [1.807, 2.05) is 0 Å². The summed E-state index contributed by atoms with van der Waals surface area (Å²) in [5.74, 6) is 0.941. The first kappa shape index (κ1) is 11.9. The monoisotopic (exact) mass is 221 g/mol. The van der Waals surface area contributed by atoms with Gasteiger partial charge < -0.3 is 0 Å². The van der Waals surface area contributed by atoms with Gasteiger partial charge in [0.05, 0.1) is 12.6 Å². The molecule has 0 aromatic rings. The summed E-state index contributed by atoms with van der Waals surface area (Å²) in [6, 6.07) is 3.08. The lowest BCUT2D eigenvalue weighted by Crippen LogP contribution is -2.51. The van der Waals surface area contributed by atoms with Crippen LogP contribution in [0.25, 0.3) is 0 Å². The van der Waals surface area contributed by atoms with Crippen molar-refractivity contribution < 1.29 is 0 Å². The van der Waals surface area contributed by atoms with Gasteiger partial charge in [-0.15, -0.1) is 0 Å². The van der Waals surface area contributed by atoms with E-state index in [9.17, 15) is 0 Å². The topological polar surface area (TPSA) is 30.3 Å². The summed E-state index contributed by atoms with van der Waals surface area (Å²) < 4.78 is 0. The van der Waals surface area contributed by atoms with Crippen LogP contribution in [-0.2, 0) is 0 Å². The van der Waals surface area contributed by atoms with Crippen molar-refractivity contribution in [2.24, 2.45) is 5.92 Å². The quantitative estimate of drug-likeness (QED) is 0.665. The van der Waals surface area contributed by atoms with Crippen LogP contribution in [0, 0.1) is 17.2 Å². The normalized spacial score (nSPS) is 33.5. The lowest BCUT2D eigenvalue weighted by Gasteiger charge is -2.41. The first-order chi connectivity index (χ1) is 7.79. The van der Waals surface area contributed by atoms with E-state index in [-0.39, 0.29) is 0 Å². The molecule has 2 aliphatic rings. The first-order valence-corrected chi connectivity index (χ1v) is 6.63. The molecule has 16 heavy (non-hydrogen) atoms. The van der Waals surface area contributed by atoms with E-state index in [0.29, 0.717) is 6.54 Å². The highest BCUT2D eigenvalue weighted by Crippen LogP contribution is 2.27. The van der Waals surface area contributed by atoms with Crippen molar-refractivity contribution in [3.8, 4) is 6.07 Å². The second-order valence-electron chi connectivity index (χ2n) is 5.38. The van der Waals surface area contributed by atoms with Gasteiger partial charge in [0.1, 0.15) is 0 Å². The maximum Gasteiger partial charge on any atom is 0.0866 e. The molecular weight excluding hydrogens is 198 g/mol. The van der Waals surface area contributed by atoms with Crippen LogP contribution in [0.3, 0.4) is 0 Å². The molecule has 2 fully saturated rings. The van der Waals surface area contributed by atoms with Crippen molar-refractivity contribution in [3.05, 3.63) is 0 Å². The van der Waals surface area contributed by atoms with Gasteiger partial charge in [-0.25, -0.2) is 0 Å². The Bertz CT molecular complexity index is 242. The zero-order valence-corrected chi connectivity index (χ0v) is 10.4. The molecule has 0 radical (unpaired) electrons. The lowest BCUT2D eigenvalue weighted by molar-refractivity contribution is 0.0779. The highest BCUT2D eigenvalue weighted by molar-refractivity contribution is 4.85. The minimum absolute atomic E-state index is 0.607. The molecule has 3 nitrogen and oxygen atoms in total. The van der Waals surface area contributed by atoms with E-state index >= 15 is 0 Å². The molecule has 0 N–H and O–H groups in total. The SMILES string of the molecule is CC1CCC(N2CCN(CC#N)CC2)CC1. The Morgan fingerprint density at radius 2 is 1.69 bits per heavy atom. The molecule has 3 heteroatoms. The van der Waals surface area contributed by atoms with Gasteiger partial charge >= 0.3 is 0 Å². The Morgan fingerprint density at radius 3 is 2.25 bits per heavy atom. The van der Waals surface area contributed by atoms with Crippen LogP contribution in [0.1, 0.15) is 32.6 Å². The fourth-order valence-electron chi connectivity index (χ4n) is 2.99. The van der Waals surface area contributed by atoms with Crippen molar-refractivity contribution in [2.45, 2.75) is 38.6 Å². The fourth-order valence-corrected chi connectivity index (χ4v) is 2.99. The molecule has 2 rings (SSSR count). The summed E-state index contributed by atoms with van der Waals surface area (Å²) in [4.78, 5) is 4.92. The smallest absolute Gasteiger partial charge is 0.0866 e. The summed E-state index contributed by atoms with van der Waals surface area (Å²) in [5, 5.41) is 8.66. The maximum atomic E-state index is 8.66. The molecule has 1 saturated heterocycles. The van der Waals surface area contributed by atoms with E-state index < -0.39 is 0 Å². The predicted molar refractivity (Wildman–Crippen MR) is 65.0 cm³/mol. The van der Waals surface area contributed by atoms with Crippen LogP contribution >= 0.6 is 0 Å². The molecule has 0 bridgehead atoms. The Labute approximate surface area is 99.0 Å².